The van der Waals surface area contributed by atoms with Gasteiger partial charge in [0.2, 0.25) is 5.79 Å². The number of likely N-dealkylation sites (tertiary alicyclic amines) is 1. The lowest BCUT2D eigenvalue weighted by Crippen LogP contribution is -2.54. The van der Waals surface area contributed by atoms with E-state index >= 15 is 0 Å². The van der Waals surface area contributed by atoms with Gasteiger partial charge >= 0.3 is 0 Å². The van der Waals surface area contributed by atoms with Crippen molar-refractivity contribution in [3.8, 4) is 16.9 Å². The van der Waals surface area contributed by atoms with Crippen LogP contribution in [0.15, 0.2) is 41.3 Å². The van der Waals surface area contributed by atoms with Gasteiger partial charge in [0.05, 0.1) is 6.61 Å². The van der Waals surface area contributed by atoms with Crippen LogP contribution in [0.1, 0.15) is 51.5 Å². The standard InChI is InChI=1S/C25H32N2O3/c1-18(2)15-27-16-20(7-9-24(27)28)19-6-8-23-21(14-19)17-29-25(30-23)10-12-26(13-11-25)22-4-3-5-22/h6-9,14,16,18,22H,3-5,10-13,15,17H2,1-2H3. The average molecular weight is 409 g/mol. The second-order valence-electron chi connectivity index (χ2n) is 9.55. The van der Waals surface area contributed by atoms with E-state index in [2.05, 4.69) is 36.9 Å². The van der Waals surface area contributed by atoms with Gasteiger partial charge in [-0.15, -0.1) is 0 Å². The molecule has 1 aromatic heterocycles. The summed E-state index contributed by atoms with van der Waals surface area (Å²) in [5, 5.41) is 0. The molecule has 5 nitrogen and oxygen atoms in total. The van der Waals surface area contributed by atoms with E-state index in [1.165, 1.54) is 19.3 Å². The number of nitrogens with zero attached hydrogens (tertiary/aromatic N) is 2. The summed E-state index contributed by atoms with van der Waals surface area (Å²) in [6.45, 7) is 7.69. The first kappa shape index (κ1) is 19.8. The van der Waals surface area contributed by atoms with E-state index in [-0.39, 0.29) is 5.56 Å². The highest BCUT2D eigenvalue weighted by Crippen LogP contribution is 2.40. The zero-order chi connectivity index (χ0) is 20.7. The van der Waals surface area contributed by atoms with Gasteiger partial charge in [0.1, 0.15) is 5.75 Å². The molecule has 30 heavy (non-hydrogen) atoms. The molecule has 5 rings (SSSR count). The van der Waals surface area contributed by atoms with E-state index in [1.54, 1.807) is 10.6 Å². The molecule has 2 aromatic rings. The number of fused-ring (bicyclic) bond motifs is 1. The zero-order valence-corrected chi connectivity index (χ0v) is 18.1. The SMILES string of the molecule is CC(C)Cn1cc(-c2ccc3c(c2)COC2(CCN(C4CCC4)CC2)O3)ccc1=O. The predicted octanol–water partition coefficient (Wildman–Crippen LogP) is 4.42. The molecule has 1 aromatic carbocycles. The van der Waals surface area contributed by atoms with E-state index < -0.39 is 5.79 Å². The van der Waals surface area contributed by atoms with Gasteiger partial charge in [0, 0.05) is 56.3 Å². The molecule has 1 spiro atoms. The van der Waals surface area contributed by atoms with Crippen LogP contribution in [0.25, 0.3) is 11.1 Å². The normalized spacial score (nSPS) is 21.3. The molecule has 160 valence electrons. The molecule has 1 saturated heterocycles. The number of piperidine rings is 1. The van der Waals surface area contributed by atoms with Gasteiger partial charge in [-0.3, -0.25) is 9.69 Å². The van der Waals surface area contributed by atoms with Gasteiger partial charge < -0.3 is 14.0 Å². The summed E-state index contributed by atoms with van der Waals surface area (Å²) in [4.78, 5) is 14.8. The fraction of sp³-hybridized carbons (Fsp3) is 0.560. The highest BCUT2D eigenvalue weighted by Gasteiger charge is 2.42. The Kier molecular flexibility index (Phi) is 5.19. The van der Waals surface area contributed by atoms with Crippen LogP contribution in [0.5, 0.6) is 5.75 Å². The Morgan fingerprint density at radius 1 is 1.10 bits per heavy atom. The van der Waals surface area contributed by atoms with Crippen molar-refractivity contribution in [2.24, 2.45) is 5.92 Å². The summed E-state index contributed by atoms with van der Waals surface area (Å²) in [7, 11) is 0. The van der Waals surface area contributed by atoms with Crippen molar-refractivity contribution in [3.63, 3.8) is 0 Å². The van der Waals surface area contributed by atoms with E-state index in [0.29, 0.717) is 12.5 Å². The Morgan fingerprint density at radius 2 is 1.87 bits per heavy atom. The van der Waals surface area contributed by atoms with Gasteiger partial charge in [-0.05, 0) is 48.1 Å². The van der Waals surface area contributed by atoms with Crippen molar-refractivity contribution >= 4 is 0 Å². The van der Waals surface area contributed by atoms with Gasteiger partial charge in [0.25, 0.3) is 5.56 Å². The third kappa shape index (κ3) is 3.81. The molecule has 3 heterocycles. The van der Waals surface area contributed by atoms with Crippen LogP contribution < -0.4 is 10.3 Å². The summed E-state index contributed by atoms with van der Waals surface area (Å²) in [5.41, 5.74) is 3.27. The minimum atomic E-state index is -0.459. The number of pyridine rings is 1. The molecule has 1 saturated carbocycles. The molecular weight excluding hydrogens is 376 g/mol. The lowest BCUT2D eigenvalue weighted by atomic mass is 9.89. The molecule has 0 bridgehead atoms. The topological polar surface area (TPSA) is 43.7 Å². The van der Waals surface area contributed by atoms with E-state index in [4.69, 9.17) is 9.47 Å². The fourth-order valence-corrected chi connectivity index (χ4v) is 4.88. The van der Waals surface area contributed by atoms with Gasteiger partial charge in [-0.2, -0.15) is 0 Å². The Hall–Kier alpha value is -2.11. The molecule has 0 N–H and O–H groups in total. The Morgan fingerprint density at radius 3 is 2.57 bits per heavy atom. The van der Waals surface area contributed by atoms with Crippen molar-refractivity contribution in [1.82, 2.24) is 9.47 Å². The maximum Gasteiger partial charge on any atom is 0.250 e. The molecule has 2 aliphatic heterocycles. The van der Waals surface area contributed by atoms with Crippen LogP contribution in [0.2, 0.25) is 0 Å². The number of rotatable bonds is 4. The number of hydrogen-bond donors (Lipinski definition) is 0. The fourth-order valence-electron chi connectivity index (χ4n) is 4.88. The lowest BCUT2D eigenvalue weighted by molar-refractivity contribution is -0.231. The second-order valence-corrected chi connectivity index (χ2v) is 9.55. The van der Waals surface area contributed by atoms with Crippen LogP contribution in [-0.4, -0.2) is 34.4 Å². The summed E-state index contributed by atoms with van der Waals surface area (Å²) in [5.74, 6) is 0.909. The highest BCUT2D eigenvalue weighted by atomic mass is 16.7. The summed E-state index contributed by atoms with van der Waals surface area (Å²) >= 11 is 0. The van der Waals surface area contributed by atoms with E-state index in [1.807, 2.05) is 12.3 Å². The van der Waals surface area contributed by atoms with Crippen LogP contribution in [0.3, 0.4) is 0 Å². The molecular formula is C25H32N2O3. The minimum absolute atomic E-state index is 0.0484. The molecule has 0 amide bonds. The Balaban J connectivity index is 1.32. The number of aromatic nitrogens is 1. The highest BCUT2D eigenvalue weighted by molar-refractivity contribution is 5.65. The average Bonchev–Trinajstić information content (AvgIpc) is 2.69. The molecule has 0 radical (unpaired) electrons. The molecule has 0 atom stereocenters. The first-order chi connectivity index (χ1) is 14.5. The summed E-state index contributed by atoms with van der Waals surface area (Å²) < 4.78 is 14.5. The predicted molar refractivity (Wildman–Crippen MR) is 118 cm³/mol. The van der Waals surface area contributed by atoms with Crippen LogP contribution in [0, 0.1) is 5.92 Å². The minimum Gasteiger partial charge on any atom is -0.462 e. The first-order valence-electron chi connectivity index (χ1n) is 11.4. The monoisotopic (exact) mass is 408 g/mol. The van der Waals surface area contributed by atoms with Crippen LogP contribution >= 0.6 is 0 Å². The van der Waals surface area contributed by atoms with Crippen LogP contribution in [0.4, 0.5) is 0 Å². The smallest absolute Gasteiger partial charge is 0.250 e. The van der Waals surface area contributed by atoms with Crippen molar-refractivity contribution in [1.29, 1.82) is 0 Å². The maximum absolute atomic E-state index is 12.2. The van der Waals surface area contributed by atoms with Gasteiger partial charge in [-0.25, -0.2) is 0 Å². The quantitative estimate of drug-likeness (QED) is 0.751. The second kappa shape index (κ2) is 7.86. The van der Waals surface area contributed by atoms with Crippen molar-refractivity contribution in [2.75, 3.05) is 13.1 Å². The van der Waals surface area contributed by atoms with E-state index in [9.17, 15) is 4.79 Å². The van der Waals surface area contributed by atoms with Crippen molar-refractivity contribution in [2.45, 2.75) is 70.9 Å². The number of hydrogen-bond acceptors (Lipinski definition) is 4. The van der Waals surface area contributed by atoms with Gasteiger partial charge in [0.15, 0.2) is 0 Å². The van der Waals surface area contributed by atoms with Gasteiger partial charge in [-0.1, -0.05) is 26.3 Å². The number of benzene rings is 1. The van der Waals surface area contributed by atoms with E-state index in [0.717, 1.165) is 61.0 Å². The summed E-state index contributed by atoms with van der Waals surface area (Å²) in [6.07, 6.45) is 7.92. The zero-order valence-electron chi connectivity index (χ0n) is 18.1. The van der Waals surface area contributed by atoms with Crippen LogP contribution in [-0.2, 0) is 17.9 Å². The van der Waals surface area contributed by atoms with Crippen molar-refractivity contribution in [3.05, 3.63) is 52.4 Å². The lowest BCUT2D eigenvalue weighted by Gasteiger charge is -2.47. The Bertz CT molecular complexity index is 969. The van der Waals surface area contributed by atoms with Crippen molar-refractivity contribution < 1.29 is 9.47 Å². The summed E-state index contributed by atoms with van der Waals surface area (Å²) in [6, 6.07) is 10.7. The third-order valence-corrected chi connectivity index (χ3v) is 6.88. The maximum atomic E-state index is 12.2. The molecule has 3 aliphatic rings. The Labute approximate surface area is 178 Å². The first-order valence-corrected chi connectivity index (χ1v) is 11.4. The largest absolute Gasteiger partial charge is 0.462 e. The molecule has 5 heteroatoms. The third-order valence-electron chi connectivity index (χ3n) is 6.88. The molecule has 1 aliphatic carbocycles. The molecule has 2 fully saturated rings. The molecule has 0 unspecified atom stereocenters. The number of ether oxygens (including phenoxy) is 2.